The topological polar surface area (TPSA) is 109 Å². The summed E-state index contributed by atoms with van der Waals surface area (Å²) in [5.41, 5.74) is 5.20. The number of aliphatic carboxylic acids is 1. The molecule has 0 radical (unpaired) electrons. The smallest absolute Gasteiger partial charge is 0.303 e. The molecule has 0 spiro atoms. The van der Waals surface area contributed by atoms with Gasteiger partial charge in [-0.2, -0.15) is 0 Å². The molecule has 0 heterocycles. The molecule has 20 heavy (non-hydrogen) atoms. The zero-order chi connectivity index (χ0) is 15.3. The average molecular weight is 278 g/mol. The predicted molar refractivity (Wildman–Crippen MR) is 73.4 cm³/mol. The lowest BCUT2D eigenvalue weighted by molar-refractivity contribution is -0.137. The van der Waals surface area contributed by atoms with Gasteiger partial charge in [-0.05, 0) is 44.5 Å². The van der Waals surface area contributed by atoms with Crippen LogP contribution in [0.5, 0.6) is 0 Å². The Morgan fingerprint density at radius 2 is 1.65 bits per heavy atom. The van der Waals surface area contributed by atoms with Crippen LogP contribution in [0.1, 0.15) is 47.4 Å². The number of hydrogen-bond acceptors (Lipinski definition) is 3. The van der Waals surface area contributed by atoms with Gasteiger partial charge in [-0.25, -0.2) is 0 Å². The highest BCUT2D eigenvalue weighted by Gasteiger charge is 2.22. The van der Waals surface area contributed by atoms with Crippen molar-refractivity contribution in [2.45, 2.75) is 32.2 Å². The molecular formula is C14H18N2O4. The Balaban J connectivity index is 2.70. The molecule has 0 aromatic heterocycles. The largest absolute Gasteiger partial charge is 0.481 e. The molecule has 2 amide bonds. The molecular weight excluding hydrogens is 260 g/mol. The molecule has 0 bridgehead atoms. The van der Waals surface area contributed by atoms with Crippen LogP contribution in [0.2, 0.25) is 0 Å². The zero-order valence-corrected chi connectivity index (χ0v) is 11.5. The van der Waals surface area contributed by atoms with Crippen molar-refractivity contribution in [2.75, 3.05) is 0 Å². The molecule has 0 saturated carbocycles. The quantitative estimate of drug-likeness (QED) is 0.725. The molecule has 1 aromatic rings. The van der Waals surface area contributed by atoms with Gasteiger partial charge in [0.05, 0.1) is 0 Å². The number of carbonyl (C=O) groups excluding carboxylic acids is 2. The maximum atomic E-state index is 12.0. The number of carboxylic acids is 1. The second kappa shape index (κ2) is 6.18. The van der Waals surface area contributed by atoms with Crippen molar-refractivity contribution in [2.24, 2.45) is 5.73 Å². The summed E-state index contributed by atoms with van der Waals surface area (Å²) in [7, 11) is 0. The SMILES string of the molecule is CC(C)(CCC(=O)O)NC(=O)c1ccc(C(N)=O)cc1. The number of benzene rings is 1. The van der Waals surface area contributed by atoms with E-state index in [2.05, 4.69) is 5.32 Å². The molecule has 6 nitrogen and oxygen atoms in total. The van der Waals surface area contributed by atoms with Crippen molar-refractivity contribution >= 4 is 17.8 Å². The van der Waals surface area contributed by atoms with Gasteiger partial charge in [0.2, 0.25) is 5.91 Å². The molecule has 6 heteroatoms. The Hall–Kier alpha value is -2.37. The van der Waals surface area contributed by atoms with Crippen LogP contribution in [0.4, 0.5) is 0 Å². The van der Waals surface area contributed by atoms with E-state index in [0.717, 1.165) is 0 Å². The Morgan fingerprint density at radius 3 is 2.10 bits per heavy atom. The number of primary amides is 1. The zero-order valence-electron chi connectivity index (χ0n) is 11.5. The predicted octanol–water partition coefficient (Wildman–Crippen LogP) is 1.16. The lowest BCUT2D eigenvalue weighted by atomic mass is 9.97. The minimum Gasteiger partial charge on any atom is -0.481 e. The molecule has 1 aromatic carbocycles. The van der Waals surface area contributed by atoms with E-state index in [9.17, 15) is 14.4 Å². The minimum atomic E-state index is -0.905. The van der Waals surface area contributed by atoms with E-state index >= 15 is 0 Å². The molecule has 0 saturated heterocycles. The first kappa shape index (κ1) is 15.7. The summed E-state index contributed by atoms with van der Waals surface area (Å²) in [6.07, 6.45) is 0.307. The summed E-state index contributed by atoms with van der Waals surface area (Å²) in [6, 6.07) is 5.95. The fraction of sp³-hybridized carbons (Fsp3) is 0.357. The summed E-state index contributed by atoms with van der Waals surface area (Å²) >= 11 is 0. The van der Waals surface area contributed by atoms with Gasteiger partial charge in [-0.3, -0.25) is 14.4 Å². The maximum Gasteiger partial charge on any atom is 0.303 e. The second-order valence-corrected chi connectivity index (χ2v) is 5.17. The maximum absolute atomic E-state index is 12.0. The first-order valence-corrected chi connectivity index (χ1v) is 6.15. The number of carboxylic acid groups (broad SMARTS) is 1. The highest BCUT2D eigenvalue weighted by atomic mass is 16.4. The van der Waals surface area contributed by atoms with E-state index in [1.54, 1.807) is 13.8 Å². The Bertz CT molecular complexity index is 520. The summed E-state index contributed by atoms with van der Waals surface area (Å²) < 4.78 is 0. The van der Waals surface area contributed by atoms with E-state index in [4.69, 9.17) is 10.8 Å². The van der Waals surface area contributed by atoms with Crippen LogP contribution in [0.15, 0.2) is 24.3 Å². The van der Waals surface area contributed by atoms with Crippen molar-refractivity contribution in [3.8, 4) is 0 Å². The van der Waals surface area contributed by atoms with Gasteiger partial charge in [0.1, 0.15) is 0 Å². The monoisotopic (exact) mass is 278 g/mol. The molecule has 4 N–H and O–H groups in total. The number of nitrogens with two attached hydrogens (primary N) is 1. The van der Waals surface area contributed by atoms with Crippen molar-refractivity contribution in [1.29, 1.82) is 0 Å². The fourth-order valence-electron chi connectivity index (χ4n) is 1.65. The number of rotatable bonds is 6. The highest BCUT2D eigenvalue weighted by molar-refractivity contribution is 5.97. The number of nitrogens with one attached hydrogen (secondary N) is 1. The summed E-state index contributed by atoms with van der Waals surface area (Å²) in [5.74, 6) is -1.78. The van der Waals surface area contributed by atoms with Crippen molar-refractivity contribution < 1.29 is 19.5 Å². The van der Waals surface area contributed by atoms with Crippen LogP contribution in [-0.4, -0.2) is 28.4 Å². The minimum absolute atomic E-state index is 0.0199. The molecule has 0 atom stereocenters. The van der Waals surface area contributed by atoms with Gasteiger partial charge in [-0.15, -0.1) is 0 Å². The first-order chi connectivity index (χ1) is 9.21. The van der Waals surface area contributed by atoms with Gasteiger partial charge >= 0.3 is 5.97 Å². The third kappa shape index (κ3) is 4.72. The number of amides is 2. The molecule has 0 unspecified atom stereocenters. The first-order valence-electron chi connectivity index (χ1n) is 6.15. The van der Waals surface area contributed by atoms with Crippen LogP contribution in [0, 0.1) is 0 Å². The average Bonchev–Trinajstić information content (AvgIpc) is 2.36. The lowest BCUT2D eigenvalue weighted by Gasteiger charge is -2.25. The molecule has 0 aliphatic heterocycles. The Morgan fingerprint density at radius 1 is 1.15 bits per heavy atom. The normalized spacial score (nSPS) is 10.9. The van der Waals surface area contributed by atoms with E-state index in [0.29, 0.717) is 17.5 Å². The van der Waals surface area contributed by atoms with Gasteiger partial charge in [0.15, 0.2) is 0 Å². The van der Waals surface area contributed by atoms with Crippen LogP contribution < -0.4 is 11.1 Å². The Kier molecular flexibility index (Phi) is 4.85. The van der Waals surface area contributed by atoms with Crippen molar-refractivity contribution in [1.82, 2.24) is 5.32 Å². The van der Waals surface area contributed by atoms with E-state index < -0.39 is 17.4 Å². The summed E-state index contributed by atoms with van der Waals surface area (Å²) in [6.45, 7) is 3.51. The van der Waals surface area contributed by atoms with Crippen LogP contribution in [0.25, 0.3) is 0 Å². The van der Waals surface area contributed by atoms with Crippen molar-refractivity contribution in [3.05, 3.63) is 35.4 Å². The highest BCUT2D eigenvalue weighted by Crippen LogP contribution is 2.13. The van der Waals surface area contributed by atoms with Crippen molar-refractivity contribution in [3.63, 3.8) is 0 Å². The van der Waals surface area contributed by atoms with Crippen LogP contribution in [0.3, 0.4) is 0 Å². The van der Waals surface area contributed by atoms with Crippen LogP contribution >= 0.6 is 0 Å². The molecule has 1 rings (SSSR count). The summed E-state index contributed by atoms with van der Waals surface area (Å²) in [5, 5.41) is 11.4. The second-order valence-electron chi connectivity index (χ2n) is 5.17. The summed E-state index contributed by atoms with van der Waals surface area (Å²) in [4.78, 5) is 33.5. The lowest BCUT2D eigenvalue weighted by Crippen LogP contribution is -2.43. The molecule has 0 aliphatic carbocycles. The third-order valence-electron chi connectivity index (χ3n) is 2.85. The number of hydrogen-bond donors (Lipinski definition) is 3. The standard InChI is InChI=1S/C14H18N2O4/c1-14(2,8-7-11(17)18)16-13(20)10-5-3-9(4-6-10)12(15)19/h3-6H,7-8H2,1-2H3,(H2,15,19)(H,16,20)(H,17,18). The van der Waals surface area contributed by atoms with Gasteiger partial charge in [-0.1, -0.05) is 0 Å². The van der Waals surface area contributed by atoms with Gasteiger partial charge < -0.3 is 16.2 Å². The van der Waals surface area contributed by atoms with E-state index in [1.165, 1.54) is 24.3 Å². The van der Waals surface area contributed by atoms with E-state index in [1.807, 2.05) is 0 Å². The molecule has 0 fully saturated rings. The molecule has 0 aliphatic rings. The van der Waals surface area contributed by atoms with Gasteiger partial charge in [0.25, 0.3) is 5.91 Å². The number of carbonyl (C=O) groups is 3. The molecule has 108 valence electrons. The van der Waals surface area contributed by atoms with E-state index in [-0.39, 0.29) is 12.3 Å². The third-order valence-corrected chi connectivity index (χ3v) is 2.85. The fourth-order valence-corrected chi connectivity index (χ4v) is 1.65. The van der Waals surface area contributed by atoms with Gasteiger partial charge in [0, 0.05) is 23.1 Å². The Labute approximate surface area is 117 Å². The van der Waals surface area contributed by atoms with Crippen LogP contribution in [-0.2, 0) is 4.79 Å².